The van der Waals surface area contributed by atoms with Crippen LogP contribution in [-0.4, -0.2) is 16.3 Å². The largest absolute Gasteiger partial charge is 0.508 e. The Balaban J connectivity index is 1.79. The van der Waals surface area contributed by atoms with Gasteiger partial charge >= 0.3 is 0 Å². The van der Waals surface area contributed by atoms with Crippen LogP contribution in [0.1, 0.15) is 68.1 Å². The van der Waals surface area contributed by atoms with Crippen LogP contribution in [0.5, 0.6) is 5.75 Å². The highest BCUT2D eigenvalue weighted by Gasteiger charge is 2.77. The Morgan fingerprint density at radius 2 is 2.00 bits per heavy atom. The molecule has 116 valence electrons. The average molecular weight is 296 g/mol. The fraction of sp³-hybridized carbons (Fsp3) is 0.700. The molecule has 4 saturated carbocycles. The molecule has 2 N–H and O–H groups in total. The zero-order valence-corrected chi connectivity index (χ0v) is 13.2. The van der Waals surface area contributed by atoms with E-state index in [2.05, 4.69) is 6.92 Å². The van der Waals surface area contributed by atoms with E-state index in [1.165, 1.54) is 43.2 Å². The predicted molar refractivity (Wildman–Crippen MR) is 84.0 cm³/mol. The fourth-order valence-corrected chi connectivity index (χ4v) is 8.22. The molecular formula is C20H24O2. The molecule has 6 atom stereocenters. The van der Waals surface area contributed by atoms with E-state index in [-0.39, 0.29) is 16.9 Å². The number of hydrogen-bond donors (Lipinski definition) is 2. The number of aliphatic hydroxyl groups is 1. The lowest BCUT2D eigenvalue weighted by Crippen LogP contribution is -2.57. The number of rotatable bonds is 1. The van der Waals surface area contributed by atoms with Gasteiger partial charge in [0.25, 0.3) is 0 Å². The molecule has 4 fully saturated rings. The van der Waals surface area contributed by atoms with Crippen molar-refractivity contribution in [2.24, 2.45) is 16.7 Å². The summed E-state index contributed by atoms with van der Waals surface area (Å²) in [7, 11) is 0. The predicted octanol–water partition coefficient (Wildman–Crippen LogP) is 3.63. The second-order valence-corrected chi connectivity index (χ2v) is 9.17. The Morgan fingerprint density at radius 1 is 1.14 bits per heavy atom. The second-order valence-electron chi connectivity index (χ2n) is 9.17. The van der Waals surface area contributed by atoms with Crippen molar-refractivity contribution in [2.75, 3.05) is 0 Å². The van der Waals surface area contributed by atoms with Gasteiger partial charge < -0.3 is 10.2 Å². The van der Waals surface area contributed by atoms with E-state index in [4.69, 9.17) is 0 Å². The molecule has 5 aliphatic rings. The molecule has 0 heterocycles. The Hall–Kier alpha value is -1.02. The number of benzene rings is 1. The zero-order chi connectivity index (χ0) is 14.9. The van der Waals surface area contributed by atoms with E-state index in [0.717, 1.165) is 18.8 Å². The lowest BCUT2D eigenvalue weighted by atomic mass is 9.44. The molecule has 0 amide bonds. The summed E-state index contributed by atoms with van der Waals surface area (Å²) in [5.41, 5.74) is 4.68. The van der Waals surface area contributed by atoms with Gasteiger partial charge in [0, 0.05) is 10.8 Å². The average Bonchev–Trinajstić information content (AvgIpc) is 2.97. The van der Waals surface area contributed by atoms with Gasteiger partial charge in [-0.15, -0.1) is 0 Å². The van der Waals surface area contributed by atoms with Crippen molar-refractivity contribution >= 4 is 0 Å². The third-order valence-corrected chi connectivity index (χ3v) is 8.96. The van der Waals surface area contributed by atoms with E-state index in [1.54, 1.807) is 5.56 Å². The summed E-state index contributed by atoms with van der Waals surface area (Å²) in [5.74, 6) is 1.88. The number of phenolic OH excluding ortho intramolecular Hbond substituents is 1. The minimum absolute atomic E-state index is 0.0602. The molecular weight excluding hydrogens is 272 g/mol. The molecule has 2 heteroatoms. The molecule has 5 aliphatic carbocycles. The monoisotopic (exact) mass is 296 g/mol. The van der Waals surface area contributed by atoms with E-state index in [0.29, 0.717) is 17.1 Å². The minimum Gasteiger partial charge on any atom is -0.508 e. The smallest absolute Gasteiger partial charge is 0.116 e. The molecule has 1 spiro atoms. The highest BCUT2D eigenvalue weighted by Crippen LogP contribution is 2.81. The quantitative estimate of drug-likeness (QED) is 0.830. The number of aliphatic hydroxyl groups excluding tert-OH is 1. The van der Waals surface area contributed by atoms with Gasteiger partial charge in [-0.25, -0.2) is 0 Å². The van der Waals surface area contributed by atoms with E-state index < -0.39 is 0 Å². The summed E-state index contributed by atoms with van der Waals surface area (Å²) in [6.07, 6.45) is 8.20. The Bertz CT molecular complexity index is 725. The molecule has 0 saturated heterocycles. The van der Waals surface area contributed by atoms with Crippen LogP contribution in [0.2, 0.25) is 0 Å². The van der Waals surface area contributed by atoms with Crippen molar-refractivity contribution in [1.29, 1.82) is 0 Å². The Labute approximate surface area is 131 Å². The molecule has 1 aromatic carbocycles. The van der Waals surface area contributed by atoms with Crippen molar-refractivity contribution in [3.05, 3.63) is 28.8 Å². The molecule has 6 rings (SSSR count). The second kappa shape index (κ2) is 3.26. The van der Waals surface area contributed by atoms with Crippen LogP contribution < -0.4 is 0 Å². The van der Waals surface area contributed by atoms with Gasteiger partial charge in [-0.3, -0.25) is 0 Å². The van der Waals surface area contributed by atoms with Crippen molar-refractivity contribution in [3.63, 3.8) is 0 Å². The number of aryl methyl sites for hydroxylation is 1. The summed E-state index contributed by atoms with van der Waals surface area (Å²) in [5, 5.41) is 21.7. The third kappa shape index (κ3) is 0.959. The minimum atomic E-state index is -0.219. The van der Waals surface area contributed by atoms with Gasteiger partial charge in [0.2, 0.25) is 0 Å². The highest BCUT2D eigenvalue weighted by atomic mass is 16.3. The topological polar surface area (TPSA) is 40.5 Å². The van der Waals surface area contributed by atoms with Crippen LogP contribution in [0.15, 0.2) is 12.1 Å². The summed E-state index contributed by atoms with van der Waals surface area (Å²) in [6, 6.07) is 4.03. The van der Waals surface area contributed by atoms with Crippen LogP contribution in [0.4, 0.5) is 0 Å². The number of fused-ring (bicyclic) bond motifs is 4. The normalized spacial score (nSPS) is 52.9. The molecule has 0 aliphatic heterocycles. The van der Waals surface area contributed by atoms with Crippen molar-refractivity contribution < 1.29 is 10.2 Å². The number of aromatic hydroxyl groups is 1. The summed E-state index contributed by atoms with van der Waals surface area (Å²) in [4.78, 5) is 0. The fourth-order valence-electron chi connectivity index (χ4n) is 8.22. The zero-order valence-electron chi connectivity index (χ0n) is 13.2. The van der Waals surface area contributed by atoms with Gasteiger partial charge in [-0.2, -0.15) is 0 Å². The van der Waals surface area contributed by atoms with Gasteiger partial charge in [-0.05, 0) is 91.0 Å². The van der Waals surface area contributed by atoms with Crippen LogP contribution in [0.25, 0.3) is 0 Å². The van der Waals surface area contributed by atoms with Crippen LogP contribution in [-0.2, 0) is 11.8 Å². The van der Waals surface area contributed by atoms with Gasteiger partial charge in [0.15, 0.2) is 0 Å². The van der Waals surface area contributed by atoms with Gasteiger partial charge in [0.1, 0.15) is 5.75 Å². The summed E-state index contributed by atoms with van der Waals surface area (Å²) < 4.78 is 0. The van der Waals surface area contributed by atoms with Crippen molar-refractivity contribution in [1.82, 2.24) is 0 Å². The molecule has 0 radical (unpaired) electrons. The molecule has 2 unspecified atom stereocenters. The first kappa shape index (κ1) is 12.4. The lowest BCUT2D eigenvalue weighted by Gasteiger charge is -2.61. The highest BCUT2D eigenvalue weighted by molar-refractivity contribution is 5.55. The maximum Gasteiger partial charge on any atom is 0.116 e. The standard InChI is InChI=1S/C20H24O2/c1-18-5-4-13-14-3-2-11-8-12(21)9-15(16(11)13)19(17(18)22)6-7-20(14,18)10-19/h8-9,13-14,17,21-22H,2-7,10H2,1H3/t13?,14?,17-,18+,19-,20+/m0/s1. The molecule has 22 heavy (non-hydrogen) atoms. The first-order chi connectivity index (χ1) is 10.5. The molecule has 0 aromatic heterocycles. The Kier molecular flexibility index (Phi) is 1.84. The number of phenols is 1. The Morgan fingerprint density at radius 3 is 2.86 bits per heavy atom. The van der Waals surface area contributed by atoms with Crippen LogP contribution in [0, 0.1) is 16.7 Å². The van der Waals surface area contributed by atoms with Crippen LogP contribution >= 0.6 is 0 Å². The third-order valence-electron chi connectivity index (χ3n) is 8.96. The van der Waals surface area contributed by atoms with Crippen LogP contribution in [0.3, 0.4) is 0 Å². The lowest BCUT2D eigenvalue weighted by molar-refractivity contribution is -0.126. The summed E-state index contributed by atoms with van der Waals surface area (Å²) in [6.45, 7) is 2.39. The molecule has 2 nitrogen and oxygen atoms in total. The number of hydrogen-bond acceptors (Lipinski definition) is 2. The van der Waals surface area contributed by atoms with E-state index >= 15 is 0 Å². The van der Waals surface area contributed by atoms with Crippen molar-refractivity contribution in [3.8, 4) is 5.75 Å². The molecule has 1 aromatic rings. The SMILES string of the molecule is C[C@]12CCC3c4c5cc(O)cc4[C@@]4(CC[C@@]1(C4)C3CC5)[C@H]2O. The molecule has 2 bridgehead atoms. The van der Waals surface area contributed by atoms with Gasteiger partial charge in [-0.1, -0.05) is 6.92 Å². The maximum absolute atomic E-state index is 11.4. The first-order valence-electron chi connectivity index (χ1n) is 9.06. The van der Waals surface area contributed by atoms with E-state index in [1.807, 2.05) is 12.1 Å². The maximum atomic E-state index is 11.4. The summed E-state index contributed by atoms with van der Waals surface area (Å²) >= 11 is 0. The van der Waals surface area contributed by atoms with E-state index in [9.17, 15) is 10.2 Å². The van der Waals surface area contributed by atoms with Crippen molar-refractivity contribution in [2.45, 2.75) is 69.3 Å². The first-order valence-corrected chi connectivity index (χ1v) is 9.06. The van der Waals surface area contributed by atoms with Gasteiger partial charge in [0.05, 0.1) is 6.10 Å².